The van der Waals surface area contributed by atoms with Gasteiger partial charge in [0.2, 0.25) is 5.89 Å². The molecule has 0 bridgehead atoms. The van der Waals surface area contributed by atoms with Crippen LogP contribution in [0.15, 0.2) is 33.7 Å². The molecule has 0 unspecified atom stereocenters. The number of hydrogen-bond acceptors (Lipinski definition) is 4. The molecule has 0 spiro atoms. The van der Waals surface area contributed by atoms with Crippen molar-refractivity contribution < 1.29 is 4.42 Å². The Morgan fingerprint density at radius 2 is 2.28 bits per heavy atom. The summed E-state index contributed by atoms with van der Waals surface area (Å²) in [5.41, 5.74) is 0.910. The molecule has 0 aromatic carbocycles. The van der Waals surface area contributed by atoms with Gasteiger partial charge < -0.3 is 14.3 Å². The fourth-order valence-electron chi connectivity index (χ4n) is 1.71. The molecule has 1 N–H and O–H groups in total. The maximum atomic E-state index is 11.5. The first-order valence-electron chi connectivity index (χ1n) is 6.04. The summed E-state index contributed by atoms with van der Waals surface area (Å²) < 4.78 is 7.06. The van der Waals surface area contributed by atoms with E-state index in [0.29, 0.717) is 12.4 Å². The monoisotopic (exact) mass is 247 g/mol. The zero-order chi connectivity index (χ0) is 13.0. The molecule has 2 aromatic rings. The summed E-state index contributed by atoms with van der Waals surface area (Å²) in [5.74, 6) is 1.43. The number of nitrogens with one attached hydrogen (secondary N) is 1. The van der Waals surface area contributed by atoms with Gasteiger partial charge in [-0.1, -0.05) is 6.92 Å². The summed E-state index contributed by atoms with van der Waals surface area (Å²) in [6.07, 6.45) is 4.44. The van der Waals surface area contributed by atoms with E-state index in [-0.39, 0.29) is 5.56 Å². The largest absolute Gasteiger partial charge is 0.444 e. The Bertz CT molecular complexity index is 572. The Hall–Kier alpha value is -2.04. The average molecular weight is 247 g/mol. The highest BCUT2D eigenvalue weighted by molar-refractivity contribution is 5.40. The van der Waals surface area contributed by atoms with Gasteiger partial charge in [-0.2, -0.15) is 0 Å². The van der Waals surface area contributed by atoms with E-state index in [1.54, 1.807) is 22.9 Å². The number of oxazole rings is 1. The van der Waals surface area contributed by atoms with Crippen molar-refractivity contribution in [1.29, 1.82) is 0 Å². The number of hydrogen-bond donors (Lipinski definition) is 1. The number of pyridine rings is 1. The number of aryl methyl sites for hydroxylation is 2. The molecule has 0 fully saturated rings. The van der Waals surface area contributed by atoms with E-state index >= 15 is 0 Å². The minimum atomic E-state index is 0.0226. The third-order valence-electron chi connectivity index (χ3n) is 2.56. The Balaban J connectivity index is 2.05. The lowest BCUT2D eigenvalue weighted by Gasteiger charge is -2.08. The predicted octanol–water partition coefficient (Wildman–Crippen LogP) is 2.17. The third-order valence-corrected chi connectivity index (χ3v) is 2.56. The first-order chi connectivity index (χ1) is 8.69. The number of rotatable bonds is 5. The second-order valence-electron chi connectivity index (χ2n) is 4.17. The molecular weight excluding hydrogens is 230 g/mol. The van der Waals surface area contributed by atoms with Gasteiger partial charge in [-0.15, -0.1) is 0 Å². The number of aromatic nitrogens is 2. The highest BCUT2D eigenvalue weighted by atomic mass is 16.4. The lowest BCUT2D eigenvalue weighted by Crippen LogP contribution is -2.18. The summed E-state index contributed by atoms with van der Waals surface area (Å²) in [6.45, 7) is 5.14. The minimum Gasteiger partial charge on any atom is -0.444 e. The fourth-order valence-corrected chi connectivity index (χ4v) is 1.71. The van der Waals surface area contributed by atoms with E-state index in [4.69, 9.17) is 4.42 Å². The second-order valence-corrected chi connectivity index (χ2v) is 4.17. The van der Waals surface area contributed by atoms with E-state index in [1.165, 1.54) is 0 Å². The molecule has 5 nitrogen and oxygen atoms in total. The quantitative estimate of drug-likeness (QED) is 0.879. The summed E-state index contributed by atoms with van der Waals surface area (Å²) in [4.78, 5) is 15.7. The van der Waals surface area contributed by atoms with Crippen LogP contribution in [0.5, 0.6) is 0 Å². The van der Waals surface area contributed by atoms with Gasteiger partial charge in [0.1, 0.15) is 5.76 Å². The summed E-state index contributed by atoms with van der Waals surface area (Å²) >= 11 is 0. The van der Waals surface area contributed by atoms with Crippen LogP contribution < -0.4 is 10.9 Å². The Labute approximate surface area is 105 Å². The van der Waals surface area contributed by atoms with E-state index in [1.807, 2.05) is 20.0 Å². The molecule has 0 radical (unpaired) electrons. The van der Waals surface area contributed by atoms with Crippen LogP contribution in [-0.2, 0) is 13.1 Å². The number of nitrogens with zero attached hydrogens (tertiary/aromatic N) is 2. The van der Waals surface area contributed by atoms with Crippen molar-refractivity contribution >= 4 is 5.69 Å². The molecule has 0 saturated heterocycles. The molecule has 18 heavy (non-hydrogen) atoms. The van der Waals surface area contributed by atoms with Crippen LogP contribution in [0.2, 0.25) is 0 Å². The Morgan fingerprint density at radius 3 is 2.94 bits per heavy atom. The molecule has 2 heterocycles. The second kappa shape index (κ2) is 5.53. The van der Waals surface area contributed by atoms with Gasteiger partial charge in [0.15, 0.2) is 0 Å². The zero-order valence-electron chi connectivity index (χ0n) is 10.6. The van der Waals surface area contributed by atoms with Gasteiger partial charge >= 0.3 is 0 Å². The molecule has 5 heteroatoms. The van der Waals surface area contributed by atoms with Crippen molar-refractivity contribution in [2.75, 3.05) is 5.32 Å². The third kappa shape index (κ3) is 3.00. The van der Waals surface area contributed by atoms with Gasteiger partial charge in [0, 0.05) is 18.8 Å². The van der Waals surface area contributed by atoms with Crippen LogP contribution in [0.4, 0.5) is 5.69 Å². The van der Waals surface area contributed by atoms with E-state index < -0.39 is 0 Å². The molecule has 2 rings (SSSR count). The van der Waals surface area contributed by atoms with Crippen LogP contribution in [0.25, 0.3) is 0 Å². The van der Waals surface area contributed by atoms with Crippen molar-refractivity contribution in [1.82, 2.24) is 9.55 Å². The minimum absolute atomic E-state index is 0.0226. The molecule has 0 aliphatic heterocycles. The molecule has 0 aliphatic carbocycles. The van der Waals surface area contributed by atoms with Gasteiger partial charge in [-0.25, -0.2) is 4.98 Å². The van der Waals surface area contributed by atoms with Crippen molar-refractivity contribution in [3.05, 3.63) is 46.5 Å². The predicted molar refractivity (Wildman–Crippen MR) is 69.6 cm³/mol. The van der Waals surface area contributed by atoms with Gasteiger partial charge in [-0.05, 0) is 19.4 Å². The highest BCUT2D eigenvalue weighted by Crippen LogP contribution is 2.07. The molecular formula is C13H17N3O2. The van der Waals surface area contributed by atoms with Crippen molar-refractivity contribution in [3.8, 4) is 0 Å². The van der Waals surface area contributed by atoms with Crippen LogP contribution in [0.3, 0.4) is 0 Å². The normalized spacial score (nSPS) is 10.6. The molecule has 96 valence electrons. The molecule has 0 saturated carbocycles. The van der Waals surface area contributed by atoms with Crippen LogP contribution >= 0.6 is 0 Å². The lowest BCUT2D eigenvalue weighted by atomic mass is 10.3. The van der Waals surface area contributed by atoms with Crippen molar-refractivity contribution in [3.63, 3.8) is 0 Å². The van der Waals surface area contributed by atoms with Crippen molar-refractivity contribution in [2.45, 2.75) is 33.4 Å². The molecule has 0 aliphatic rings. The van der Waals surface area contributed by atoms with E-state index in [0.717, 1.165) is 24.4 Å². The van der Waals surface area contributed by atoms with Crippen LogP contribution in [-0.4, -0.2) is 9.55 Å². The average Bonchev–Trinajstić information content (AvgIpc) is 2.76. The standard InChI is InChI=1S/C13H17N3O2/c1-3-6-16-9-11(4-5-13(16)17)14-8-12-15-7-10(2)18-12/h4-5,7,9,14H,3,6,8H2,1-2H3. The first-order valence-corrected chi connectivity index (χ1v) is 6.04. The highest BCUT2D eigenvalue weighted by Gasteiger charge is 2.01. The molecule has 0 amide bonds. The van der Waals surface area contributed by atoms with Gasteiger partial charge in [0.25, 0.3) is 5.56 Å². The maximum absolute atomic E-state index is 11.5. The first kappa shape index (κ1) is 12.4. The van der Waals surface area contributed by atoms with Crippen molar-refractivity contribution in [2.24, 2.45) is 0 Å². The van der Waals surface area contributed by atoms with Gasteiger partial charge in [0.05, 0.1) is 18.4 Å². The molecule has 0 atom stereocenters. The van der Waals surface area contributed by atoms with E-state index in [9.17, 15) is 4.79 Å². The summed E-state index contributed by atoms with van der Waals surface area (Å²) in [7, 11) is 0. The summed E-state index contributed by atoms with van der Waals surface area (Å²) in [5, 5.41) is 3.18. The number of anilines is 1. The molecule has 2 aromatic heterocycles. The maximum Gasteiger partial charge on any atom is 0.250 e. The topological polar surface area (TPSA) is 60.1 Å². The van der Waals surface area contributed by atoms with Crippen LogP contribution in [0.1, 0.15) is 25.0 Å². The SMILES string of the molecule is CCCn1cc(NCc2ncc(C)o2)ccc1=O. The summed E-state index contributed by atoms with van der Waals surface area (Å²) in [6, 6.07) is 3.34. The lowest BCUT2D eigenvalue weighted by molar-refractivity contribution is 0.479. The Kier molecular flexibility index (Phi) is 3.82. The van der Waals surface area contributed by atoms with Crippen LogP contribution in [0, 0.1) is 6.92 Å². The Morgan fingerprint density at radius 1 is 1.44 bits per heavy atom. The van der Waals surface area contributed by atoms with E-state index in [2.05, 4.69) is 10.3 Å². The zero-order valence-corrected chi connectivity index (χ0v) is 10.6. The van der Waals surface area contributed by atoms with Gasteiger partial charge in [-0.3, -0.25) is 4.79 Å². The fraction of sp³-hybridized carbons (Fsp3) is 0.385. The smallest absolute Gasteiger partial charge is 0.250 e.